The zero-order chi connectivity index (χ0) is 13.8. The Balaban J connectivity index is 2.51. The van der Waals surface area contributed by atoms with Crippen LogP contribution in [-0.2, 0) is 16.0 Å². The van der Waals surface area contributed by atoms with Crippen LogP contribution in [0.5, 0.6) is 0 Å². The summed E-state index contributed by atoms with van der Waals surface area (Å²) in [6.07, 6.45) is -5.13. The summed E-state index contributed by atoms with van der Waals surface area (Å²) < 4.78 is 40.8. The number of esters is 1. The first-order valence-electron chi connectivity index (χ1n) is 5.14. The summed E-state index contributed by atoms with van der Waals surface area (Å²) >= 11 is 1.16. The van der Waals surface area contributed by atoms with Gasteiger partial charge < -0.3 is 10.1 Å². The lowest BCUT2D eigenvalue weighted by Gasteiger charge is -2.14. The summed E-state index contributed by atoms with van der Waals surface area (Å²) in [5, 5.41) is 4.62. The monoisotopic (exact) mass is 282 g/mol. The molecule has 0 spiro atoms. The van der Waals surface area contributed by atoms with Crippen LogP contribution in [0, 0.1) is 0 Å². The van der Waals surface area contributed by atoms with Gasteiger partial charge in [-0.15, -0.1) is 11.3 Å². The molecule has 1 N–H and O–H groups in total. The Morgan fingerprint density at radius 1 is 1.61 bits per heavy atom. The van der Waals surface area contributed by atoms with Crippen molar-refractivity contribution in [2.75, 3.05) is 12.4 Å². The van der Waals surface area contributed by atoms with Gasteiger partial charge in [0.05, 0.1) is 25.6 Å². The molecule has 102 valence electrons. The maximum Gasteiger partial charge on any atom is 0.391 e. The van der Waals surface area contributed by atoms with Crippen molar-refractivity contribution >= 4 is 22.4 Å². The molecule has 8 heteroatoms. The van der Waals surface area contributed by atoms with Gasteiger partial charge in [0.15, 0.2) is 5.13 Å². The number of rotatable bonds is 5. The minimum atomic E-state index is -4.21. The molecule has 0 radical (unpaired) electrons. The second-order valence-electron chi connectivity index (χ2n) is 3.76. The summed E-state index contributed by atoms with van der Waals surface area (Å²) in [4.78, 5) is 15.0. The van der Waals surface area contributed by atoms with Gasteiger partial charge in [0.1, 0.15) is 0 Å². The predicted octanol–water partition coefficient (Wildman–Crippen LogP) is 2.61. The Bertz CT molecular complexity index is 406. The third-order valence-electron chi connectivity index (χ3n) is 2.01. The van der Waals surface area contributed by atoms with Crippen LogP contribution in [-0.4, -0.2) is 30.3 Å². The number of methoxy groups -OCH3 is 1. The van der Waals surface area contributed by atoms with Gasteiger partial charge in [0.25, 0.3) is 0 Å². The first kappa shape index (κ1) is 14.7. The molecule has 0 aliphatic heterocycles. The topological polar surface area (TPSA) is 51.2 Å². The van der Waals surface area contributed by atoms with Crippen LogP contribution in [0.25, 0.3) is 0 Å². The Kier molecular flexibility index (Phi) is 4.94. The van der Waals surface area contributed by atoms with E-state index >= 15 is 0 Å². The molecule has 0 bridgehead atoms. The molecule has 0 amide bonds. The number of ether oxygens (including phenoxy) is 1. The third-order valence-corrected chi connectivity index (χ3v) is 2.83. The summed E-state index contributed by atoms with van der Waals surface area (Å²) in [7, 11) is 1.26. The molecule has 0 saturated heterocycles. The molecule has 0 aliphatic rings. The van der Waals surface area contributed by atoms with Gasteiger partial charge in [-0.05, 0) is 6.92 Å². The average molecular weight is 282 g/mol. The van der Waals surface area contributed by atoms with Crippen molar-refractivity contribution in [1.82, 2.24) is 4.98 Å². The molecule has 1 aromatic rings. The van der Waals surface area contributed by atoms with Crippen molar-refractivity contribution in [2.24, 2.45) is 0 Å². The minimum Gasteiger partial charge on any atom is -0.469 e. The molecule has 1 unspecified atom stereocenters. The Morgan fingerprint density at radius 2 is 2.28 bits per heavy atom. The van der Waals surface area contributed by atoms with Crippen molar-refractivity contribution in [1.29, 1.82) is 0 Å². The SMILES string of the molecule is COC(=O)Cc1csc(NC(C)CC(F)(F)F)n1. The highest BCUT2D eigenvalue weighted by Crippen LogP contribution is 2.24. The van der Waals surface area contributed by atoms with Gasteiger partial charge in [0.2, 0.25) is 0 Å². The van der Waals surface area contributed by atoms with E-state index in [1.807, 2.05) is 0 Å². The van der Waals surface area contributed by atoms with Crippen molar-refractivity contribution in [3.05, 3.63) is 11.1 Å². The lowest BCUT2D eigenvalue weighted by molar-refractivity contribution is -0.140. The number of carbonyl (C=O) groups excluding carboxylic acids is 1. The fraction of sp³-hybridized carbons (Fsp3) is 0.600. The van der Waals surface area contributed by atoms with Crippen molar-refractivity contribution < 1.29 is 22.7 Å². The minimum absolute atomic E-state index is 0.0162. The number of nitrogens with zero attached hydrogens (tertiary/aromatic N) is 1. The number of thiazole rings is 1. The van der Waals surface area contributed by atoms with E-state index in [-0.39, 0.29) is 6.42 Å². The fourth-order valence-corrected chi connectivity index (χ4v) is 2.11. The Hall–Kier alpha value is -1.31. The number of alkyl halides is 3. The smallest absolute Gasteiger partial charge is 0.391 e. The van der Waals surface area contributed by atoms with E-state index in [9.17, 15) is 18.0 Å². The summed E-state index contributed by atoms with van der Waals surface area (Å²) in [5.74, 6) is -0.435. The van der Waals surface area contributed by atoms with E-state index in [1.54, 1.807) is 5.38 Å². The highest BCUT2D eigenvalue weighted by Gasteiger charge is 2.30. The highest BCUT2D eigenvalue weighted by molar-refractivity contribution is 7.13. The van der Waals surface area contributed by atoms with Crippen LogP contribution in [0.4, 0.5) is 18.3 Å². The molecule has 0 saturated carbocycles. The molecule has 0 aliphatic carbocycles. The average Bonchev–Trinajstić information content (AvgIpc) is 2.62. The van der Waals surface area contributed by atoms with Crippen LogP contribution in [0.2, 0.25) is 0 Å². The zero-order valence-electron chi connectivity index (χ0n) is 9.87. The van der Waals surface area contributed by atoms with Gasteiger partial charge in [-0.1, -0.05) is 0 Å². The van der Waals surface area contributed by atoms with E-state index in [2.05, 4.69) is 15.0 Å². The third kappa shape index (κ3) is 5.35. The van der Waals surface area contributed by atoms with Gasteiger partial charge >= 0.3 is 12.1 Å². The zero-order valence-corrected chi connectivity index (χ0v) is 10.7. The molecule has 18 heavy (non-hydrogen) atoms. The number of aromatic nitrogens is 1. The van der Waals surface area contributed by atoms with Crippen LogP contribution in [0.3, 0.4) is 0 Å². The molecule has 1 aromatic heterocycles. The molecule has 0 fully saturated rings. The van der Waals surface area contributed by atoms with Gasteiger partial charge in [-0.3, -0.25) is 4.79 Å². The summed E-state index contributed by atoms with van der Waals surface area (Å²) in [6.45, 7) is 1.43. The second-order valence-corrected chi connectivity index (χ2v) is 4.62. The largest absolute Gasteiger partial charge is 0.469 e. The summed E-state index contributed by atoms with van der Waals surface area (Å²) in [6, 6.07) is -0.762. The van der Waals surface area contributed by atoms with E-state index in [0.29, 0.717) is 10.8 Å². The first-order chi connectivity index (χ1) is 8.30. The van der Waals surface area contributed by atoms with Crippen LogP contribution < -0.4 is 5.32 Å². The molecule has 0 aromatic carbocycles. The molecule has 4 nitrogen and oxygen atoms in total. The quantitative estimate of drug-likeness (QED) is 0.843. The molecule has 1 heterocycles. The van der Waals surface area contributed by atoms with E-state index < -0.39 is 24.6 Å². The highest BCUT2D eigenvalue weighted by atomic mass is 32.1. The molecular formula is C10H13F3N2O2S. The first-order valence-corrected chi connectivity index (χ1v) is 6.02. The van der Waals surface area contributed by atoms with Gasteiger partial charge in [0, 0.05) is 11.4 Å². The molecule has 1 atom stereocenters. The maximum absolute atomic E-state index is 12.1. The second kappa shape index (κ2) is 6.03. The van der Waals surface area contributed by atoms with E-state index in [4.69, 9.17) is 0 Å². The van der Waals surface area contributed by atoms with E-state index in [1.165, 1.54) is 14.0 Å². The maximum atomic E-state index is 12.1. The lowest BCUT2D eigenvalue weighted by atomic mass is 10.2. The number of nitrogens with one attached hydrogen (secondary N) is 1. The van der Waals surface area contributed by atoms with Crippen LogP contribution in [0.15, 0.2) is 5.38 Å². The van der Waals surface area contributed by atoms with Crippen molar-refractivity contribution in [2.45, 2.75) is 32.0 Å². The van der Waals surface area contributed by atoms with Crippen molar-refractivity contribution in [3.63, 3.8) is 0 Å². The Labute approximate surface area is 106 Å². The number of hydrogen-bond donors (Lipinski definition) is 1. The van der Waals surface area contributed by atoms with Gasteiger partial charge in [-0.2, -0.15) is 13.2 Å². The number of hydrogen-bond acceptors (Lipinski definition) is 5. The predicted molar refractivity (Wildman–Crippen MR) is 61.6 cm³/mol. The van der Waals surface area contributed by atoms with Crippen molar-refractivity contribution in [3.8, 4) is 0 Å². The van der Waals surface area contributed by atoms with Crippen LogP contribution in [0.1, 0.15) is 19.0 Å². The van der Waals surface area contributed by atoms with E-state index in [0.717, 1.165) is 11.3 Å². The standard InChI is InChI=1S/C10H13F3N2O2S/c1-6(4-10(11,12)13)14-9-15-7(5-18-9)3-8(16)17-2/h5-6H,3-4H2,1-2H3,(H,14,15). The molecule has 1 rings (SSSR count). The summed E-state index contributed by atoms with van der Waals surface area (Å²) in [5.41, 5.74) is 0.480. The lowest BCUT2D eigenvalue weighted by Crippen LogP contribution is -2.23. The Morgan fingerprint density at radius 3 is 2.83 bits per heavy atom. The van der Waals surface area contributed by atoms with Gasteiger partial charge in [-0.25, -0.2) is 4.98 Å². The number of anilines is 1. The van der Waals surface area contributed by atoms with Crippen LogP contribution >= 0.6 is 11.3 Å². The normalized spacial score (nSPS) is 13.2. The number of carbonyl (C=O) groups is 1. The fourth-order valence-electron chi connectivity index (χ4n) is 1.28. The number of halogens is 3. The molecular weight excluding hydrogens is 269 g/mol.